The SMILES string of the molecule is Br.Br.Br.Br.NCCCCCCCN. The third kappa shape index (κ3) is 31.6. The first-order valence-corrected chi connectivity index (χ1v) is 3.82. The molecule has 0 heterocycles. The molecule has 13 heavy (non-hydrogen) atoms. The van der Waals surface area contributed by atoms with Gasteiger partial charge < -0.3 is 11.5 Å². The highest BCUT2D eigenvalue weighted by molar-refractivity contribution is 8.93. The summed E-state index contributed by atoms with van der Waals surface area (Å²) in [6.45, 7) is 1.67. The maximum absolute atomic E-state index is 5.32. The summed E-state index contributed by atoms with van der Waals surface area (Å²) in [5.41, 5.74) is 10.6. The van der Waals surface area contributed by atoms with Gasteiger partial charge in [-0.05, 0) is 25.9 Å². The molecule has 0 radical (unpaired) electrons. The second-order valence-corrected chi connectivity index (χ2v) is 2.35. The number of halogens is 4. The summed E-state index contributed by atoms with van der Waals surface area (Å²) in [5.74, 6) is 0. The first kappa shape index (κ1) is 29.4. The summed E-state index contributed by atoms with van der Waals surface area (Å²) in [7, 11) is 0. The molecule has 0 aromatic carbocycles. The minimum absolute atomic E-state index is 0. The van der Waals surface area contributed by atoms with Gasteiger partial charge in [0.05, 0.1) is 0 Å². The van der Waals surface area contributed by atoms with Crippen molar-refractivity contribution in [1.29, 1.82) is 0 Å². The molecular weight excluding hydrogens is 432 g/mol. The largest absolute Gasteiger partial charge is 0.330 e. The average molecular weight is 454 g/mol. The highest BCUT2D eigenvalue weighted by atomic mass is 79.9. The van der Waals surface area contributed by atoms with E-state index in [2.05, 4.69) is 0 Å². The molecule has 0 fully saturated rings. The van der Waals surface area contributed by atoms with Gasteiger partial charge in [0.1, 0.15) is 0 Å². The summed E-state index contributed by atoms with van der Waals surface area (Å²) in [5, 5.41) is 0. The molecule has 0 bridgehead atoms. The molecule has 0 aromatic rings. The first-order chi connectivity index (χ1) is 4.41. The Balaban J connectivity index is -0.0000000533. The third-order valence-corrected chi connectivity index (χ3v) is 1.41. The first-order valence-electron chi connectivity index (χ1n) is 3.82. The topological polar surface area (TPSA) is 52.0 Å². The molecule has 88 valence electrons. The summed E-state index contributed by atoms with van der Waals surface area (Å²) in [4.78, 5) is 0. The second kappa shape index (κ2) is 29.2. The number of hydrogen-bond acceptors (Lipinski definition) is 2. The number of rotatable bonds is 6. The average Bonchev–Trinajstić information content (AvgIpc) is 1.89. The van der Waals surface area contributed by atoms with Gasteiger partial charge in [0.2, 0.25) is 0 Å². The smallest absolute Gasteiger partial charge is 0.00773 e. The Hall–Kier alpha value is 1.84. The van der Waals surface area contributed by atoms with Crippen molar-refractivity contribution in [3.8, 4) is 0 Å². The van der Waals surface area contributed by atoms with Crippen molar-refractivity contribution in [3.05, 3.63) is 0 Å². The molecule has 0 spiro atoms. The van der Waals surface area contributed by atoms with Gasteiger partial charge in [-0.1, -0.05) is 19.3 Å². The fourth-order valence-corrected chi connectivity index (χ4v) is 0.819. The molecule has 2 nitrogen and oxygen atoms in total. The molecule has 0 saturated heterocycles. The monoisotopic (exact) mass is 450 g/mol. The number of nitrogens with two attached hydrogens (primary N) is 2. The Kier molecular flexibility index (Phi) is 65.9. The highest BCUT2D eigenvalue weighted by Gasteiger charge is 1.85. The van der Waals surface area contributed by atoms with E-state index in [1.54, 1.807) is 0 Å². The zero-order valence-electron chi connectivity index (χ0n) is 7.74. The lowest BCUT2D eigenvalue weighted by Gasteiger charge is -1.96. The summed E-state index contributed by atoms with van der Waals surface area (Å²) < 4.78 is 0. The van der Waals surface area contributed by atoms with Crippen LogP contribution in [0, 0.1) is 0 Å². The van der Waals surface area contributed by atoms with Crippen LogP contribution in [0.3, 0.4) is 0 Å². The summed E-state index contributed by atoms with van der Waals surface area (Å²) in [6.07, 6.45) is 6.19. The molecule has 6 heteroatoms. The van der Waals surface area contributed by atoms with Crippen LogP contribution in [0.2, 0.25) is 0 Å². The zero-order chi connectivity index (χ0) is 6.95. The maximum atomic E-state index is 5.32. The normalized spacial score (nSPS) is 6.92. The molecule has 4 N–H and O–H groups in total. The molecule has 0 amide bonds. The van der Waals surface area contributed by atoms with Gasteiger partial charge in [0.15, 0.2) is 0 Å². The fraction of sp³-hybridized carbons (Fsp3) is 1.00. The summed E-state index contributed by atoms with van der Waals surface area (Å²) >= 11 is 0. The second-order valence-electron chi connectivity index (χ2n) is 2.35. The van der Waals surface area contributed by atoms with E-state index >= 15 is 0 Å². The van der Waals surface area contributed by atoms with E-state index in [1.165, 1.54) is 32.1 Å². The van der Waals surface area contributed by atoms with Gasteiger partial charge >= 0.3 is 0 Å². The van der Waals surface area contributed by atoms with Gasteiger partial charge in [-0.15, -0.1) is 67.9 Å². The van der Waals surface area contributed by atoms with Crippen LogP contribution in [0.25, 0.3) is 0 Å². The predicted molar refractivity (Wildman–Crippen MR) is 82.5 cm³/mol. The standard InChI is InChI=1S/C7H18N2.4BrH/c8-6-4-2-1-3-5-7-9;;;;/h1-9H2;4*1H. The van der Waals surface area contributed by atoms with E-state index in [9.17, 15) is 0 Å². The van der Waals surface area contributed by atoms with Crippen LogP contribution in [-0.4, -0.2) is 13.1 Å². The van der Waals surface area contributed by atoms with Crippen LogP contribution < -0.4 is 11.5 Å². The zero-order valence-corrected chi connectivity index (χ0v) is 14.6. The van der Waals surface area contributed by atoms with Crippen LogP contribution in [0.1, 0.15) is 32.1 Å². The van der Waals surface area contributed by atoms with Gasteiger partial charge in [-0.3, -0.25) is 0 Å². The lowest BCUT2D eigenvalue weighted by atomic mass is 10.1. The highest BCUT2D eigenvalue weighted by Crippen LogP contribution is 1.99. The Morgan fingerprint density at radius 2 is 0.692 bits per heavy atom. The van der Waals surface area contributed by atoms with Crippen molar-refractivity contribution < 1.29 is 0 Å². The van der Waals surface area contributed by atoms with Crippen LogP contribution in [0.4, 0.5) is 0 Å². The van der Waals surface area contributed by atoms with Gasteiger partial charge in [0.25, 0.3) is 0 Å². The maximum Gasteiger partial charge on any atom is -0.00773 e. The molecule has 0 aliphatic heterocycles. The van der Waals surface area contributed by atoms with Crippen molar-refractivity contribution in [3.63, 3.8) is 0 Å². The molecular formula is C7H22Br4N2. The van der Waals surface area contributed by atoms with Crippen molar-refractivity contribution in [1.82, 2.24) is 0 Å². The van der Waals surface area contributed by atoms with E-state index in [-0.39, 0.29) is 67.9 Å². The summed E-state index contributed by atoms with van der Waals surface area (Å²) in [6, 6.07) is 0. The van der Waals surface area contributed by atoms with E-state index in [0.29, 0.717) is 0 Å². The van der Waals surface area contributed by atoms with Crippen LogP contribution >= 0.6 is 67.9 Å². The Labute approximate surface area is 124 Å². The quantitative estimate of drug-likeness (QED) is 0.607. The number of unbranched alkanes of at least 4 members (excludes halogenated alkanes) is 4. The Bertz CT molecular complexity index is 51.8. The van der Waals surface area contributed by atoms with E-state index in [4.69, 9.17) is 11.5 Å². The molecule has 0 aliphatic rings. The van der Waals surface area contributed by atoms with Crippen molar-refractivity contribution in [2.75, 3.05) is 13.1 Å². The molecule has 0 rings (SSSR count). The van der Waals surface area contributed by atoms with Gasteiger partial charge in [0, 0.05) is 0 Å². The Morgan fingerprint density at radius 1 is 0.462 bits per heavy atom. The fourth-order valence-electron chi connectivity index (χ4n) is 0.819. The minimum atomic E-state index is 0. The van der Waals surface area contributed by atoms with Crippen LogP contribution in [-0.2, 0) is 0 Å². The van der Waals surface area contributed by atoms with Crippen molar-refractivity contribution in [2.24, 2.45) is 11.5 Å². The molecule has 0 atom stereocenters. The van der Waals surface area contributed by atoms with Gasteiger partial charge in [-0.25, -0.2) is 0 Å². The van der Waals surface area contributed by atoms with Crippen LogP contribution in [0.5, 0.6) is 0 Å². The predicted octanol–water partition coefficient (Wildman–Crippen LogP) is 3.17. The molecule has 0 aliphatic carbocycles. The van der Waals surface area contributed by atoms with E-state index < -0.39 is 0 Å². The number of hydrogen-bond donors (Lipinski definition) is 2. The molecule has 0 saturated carbocycles. The minimum Gasteiger partial charge on any atom is -0.330 e. The molecule has 0 aromatic heterocycles. The van der Waals surface area contributed by atoms with Crippen molar-refractivity contribution >= 4 is 67.9 Å². The lowest BCUT2D eigenvalue weighted by molar-refractivity contribution is 0.623. The lowest BCUT2D eigenvalue weighted by Crippen LogP contribution is -1.99. The van der Waals surface area contributed by atoms with E-state index in [0.717, 1.165) is 13.1 Å². The van der Waals surface area contributed by atoms with Crippen LogP contribution in [0.15, 0.2) is 0 Å². The van der Waals surface area contributed by atoms with Gasteiger partial charge in [-0.2, -0.15) is 0 Å². The van der Waals surface area contributed by atoms with E-state index in [1.807, 2.05) is 0 Å². The van der Waals surface area contributed by atoms with Crippen molar-refractivity contribution in [2.45, 2.75) is 32.1 Å². The molecule has 0 unspecified atom stereocenters. The Morgan fingerprint density at radius 3 is 0.923 bits per heavy atom. The third-order valence-electron chi connectivity index (χ3n) is 1.41.